The van der Waals surface area contributed by atoms with Gasteiger partial charge < -0.3 is 9.88 Å². The van der Waals surface area contributed by atoms with Crippen LogP contribution in [0.15, 0.2) is 41.5 Å². The Morgan fingerprint density at radius 3 is 2.61 bits per heavy atom. The number of pyridine rings is 2. The van der Waals surface area contributed by atoms with E-state index in [2.05, 4.69) is 15.8 Å². The summed E-state index contributed by atoms with van der Waals surface area (Å²) in [6.07, 6.45) is 2.33. The maximum atomic E-state index is 15.0. The van der Waals surface area contributed by atoms with Crippen molar-refractivity contribution in [1.29, 1.82) is 0 Å². The molecule has 1 amide bonds. The average Bonchev–Trinajstić information content (AvgIpc) is 2.82. The highest BCUT2D eigenvalue weighted by molar-refractivity contribution is 14.1. The zero-order chi connectivity index (χ0) is 26.6. The van der Waals surface area contributed by atoms with Gasteiger partial charge in [-0.25, -0.2) is 24.0 Å². The minimum Gasteiger partial charge on any atom is -0.352 e. The minimum absolute atomic E-state index is 0.0311. The van der Waals surface area contributed by atoms with Crippen LogP contribution in [0.4, 0.5) is 26.0 Å². The summed E-state index contributed by atoms with van der Waals surface area (Å²) in [6, 6.07) is 5.64. The molecule has 0 saturated heterocycles. The molecule has 0 aliphatic heterocycles. The summed E-state index contributed by atoms with van der Waals surface area (Å²) in [5.41, 5.74) is 1.48. The lowest BCUT2D eigenvalue weighted by Crippen LogP contribution is -2.30. The van der Waals surface area contributed by atoms with E-state index >= 15 is 0 Å². The molecule has 2 heterocycles. The summed E-state index contributed by atoms with van der Waals surface area (Å²) in [7, 11) is -1.69. The monoisotopic (exact) mass is 634 g/mol. The van der Waals surface area contributed by atoms with Gasteiger partial charge in [-0.05, 0) is 53.8 Å². The van der Waals surface area contributed by atoms with E-state index in [4.69, 9.17) is 4.84 Å². The number of aromatic nitrogens is 2. The van der Waals surface area contributed by atoms with E-state index in [1.165, 1.54) is 32.2 Å². The van der Waals surface area contributed by atoms with Gasteiger partial charge in [0.2, 0.25) is 0 Å². The number of amides is 1. The van der Waals surface area contributed by atoms with Crippen molar-refractivity contribution in [3.05, 3.63) is 78.9 Å². The fraction of sp³-hybridized carbons (Fsp3) is 0.190. The minimum atomic E-state index is -4.04. The summed E-state index contributed by atoms with van der Waals surface area (Å²) >= 11 is 1.94. The normalized spacial score (nSPS) is 11.3. The molecule has 11 nitrogen and oxygen atoms in total. The fourth-order valence-electron chi connectivity index (χ4n) is 3.17. The van der Waals surface area contributed by atoms with Gasteiger partial charge in [-0.3, -0.25) is 19.1 Å². The maximum Gasteiger partial charge on any atom is 0.300 e. The largest absolute Gasteiger partial charge is 0.352 e. The van der Waals surface area contributed by atoms with Gasteiger partial charge in [0.1, 0.15) is 5.82 Å². The standard InChI is InChI=1S/C21H21F2IN6O5S/c1-11-18(27-16-5-4-13(24)8-15(16)22)14(20(31)28-35-3)10-30(21(11)32)9-12-6-7-26-19(17(12)23)29-36(33,34)25-2/h4-8,10,25,27H,9H2,1-3H3,(H,26,29)(H,28,31). The van der Waals surface area contributed by atoms with Crippen LogP contribution in [0.25, 0.3) is 0 Å². The van der Waals surface area contributed by atoms with Crippen LogP contribution in [0.5, 0.6) is 0 Å². The highest BCUT2D eigenvalue weighted by Crippen LogP contribution is 2.27. The second kappa shape index (κ2) is 11.3. The van der Waals surface area contributed by atoms with Crippen molar-refractivity contribution >= 4 is 55.9 Å². The molecular weight excluding hydrogens is 613 g/mol. The fourth-order valence-corrected chi connectivity index (χ4v) is 4.12. The Morgan fingerprint density at radius 2 is 1.97 bits per heavy atom. The smallest absolute Gasteiger partial charge is 0.300 e. The Kier molecular flexibility index (Phi) is 8.59. The Bertz CT molecular complexity index is 1480. The summed E-state index contributed by atoms with van der Waals surface area (Å²) in [4.78, 5) is 34.2. The average molecular weight is 634 g/mol. The number of anilines is 3. The highest BCUT2D eigenvalue weighted by atomic mass is 127. The summed E-state index contributed by atoms with van der Waals surface area (Å²) < 4.78 is 58.5. The van der Waals surface area contributed by atoms with Gasteiger partial charge in [-0.2, -0.15) is 8.42 Å². The SMILES string of the molecule is CNS(=O)(=O)Nc1nccc(Cn2cc(C(=O)NOC)c(Nc3ccc(I)cc3F)c(C)c2=O)c1F. The second-order valence-electron chi connectivity index (χ2n) is 7.30. The van der Waals surface area contributed by atoms with Crippen molar-refractivity contribution in [2.24, 2.45) is 0 Å². The molecule has 3 rings (SSSR count). The number of hydrogen-bond acceptors (Lipinski definition) is 7. The van der Waals surface area contributed by atoms with Crippen LogP contribution in [0, 0.1) is 22.1 Å². The predicted molar refractivity (Wildman–Crippen MR) is 137 cm³/mol. The first-order valence-electron chi connectivity index (χ1n) is 10.1. The number of hydrogen-bond donors (Lipinski definition) is 4. The van der Waals surface area contributed by atoms with Crippen molar-refractivity contribution in [2.75, 3.05) is 24.2 Å². The molecule has 36 heavy (non-hydrogen) atoms. The van der Waals surface area contributed by atoms with Crippen LogP contribution in [-0.2, 0) is 21.6 Å². The molecule has 3 aromatic rings. The van der Waals surface area contributed by atoms with E-state index in [1.54, 1.807) is 6.07 Å². The van der Waals surface area contributed by atoms with Crippen LogP contribution in [0.3, 0.4) is 0 Å². The molecule has 2 aromatic heterocycles. The van der Waals surface area contributed by atoms with E-state index in [1.807, 2.05) is 32.0 Å². The molecule has 15 heteroatoms. The molecule has 0 spiro atoms. The molecule has 0 aliphatic carbocycles. The van der Waals surface area contributed by atoms with E-state index in [-0.39, 0.29) is 34.6 Å². The Hall–Kier alpha value is -3.15. The number of carbonyl (C=O) groups is 1. The molecule has 1 aromatic carbocycles. The van der Waals surface area contributed by atoms with Crippen molar-refractivity contribution in [1.82, 2.24) is 19.8 Å². The van der Waals surface area contributed by atoms with Crippen molar-refractivity contribution < 1.29 is 26.8 Å². The van der Waals surface area contributed by atoms with Crippen molar-refractivity contribution in [3.63, 3.8) is 0 Å². The molecule has 0 atom stereocenters. The third kappa shape index (κ3) is 6.15. The molecule has 0 fully saturated rings. The number of rotatable bonds is 9. The van der Waals surface area contributed by atoms with Crippen LogP contribution < -0.4 is 25.8 Å². The Labute approximate surface area is 218 Å². The van der Waals surface area contributed by atoms with Crippen molar-refractivity contribution in [2.45, 2.75) is 13.5 Å². The van der Waals surface area contributed by atoms with Crippen LogP contribution in [0.1, 0.15) is 21.5 Å². The van der Waals surface area contributed by atoms with Gasteiger partial charge >= 0.3 is 0 Å². The summed E-state index contributed by atoms with van der Waals surface area (Å²) in [5, 5.41) is 2.78. The molecule has 192 valence electrons. The molecular formula is C21H21F2IN6O5S. The topological polar surface area (TPSA) is 143 Å². The number of benzene rings is 1. The third-order valence-electron chi connectivity index (χ3n) is 4.95. The van der Waals surface area contributed by atoms with Gasteiger partial charge in [-0.15, -0.1) is 0 Å². The van der Waals surface area contributed by atoms with E-state index in [0.717, 1.165) is 24.0 Å². The highest BCUT2D eigenvalue weighted by Gasteiger charge is 2.21. The van der Waals surface area contributed by atoms with Gasteiger partial charge in [0.05, 0.1) is 30.6 Å². The Balaban J connectivity index is 2.09. The second-order valence-corrected chi connectivity index (χ2v) is 10.2. The zero-order valence-corrected chi connectivity index (χ0v) is 22.1. The lowest BCUT2D eigenvalue weighted by Gasteiger charge is -2.18. The van der Waals surface area contributed by atoms with Gasteiger partial charge in [-0.1, -0.05) is 0 Å². The molecule has 0 saturated carbocycles. The van der Waals surface area contributed by atoms with Crippen LogP contribution >= 0.6 is 22.6 Å². The first-order chi connectivity index (χ1) is 17.0. The Morgan fingerprint density at radius 1 is 1.25 bits per heavy atom. The van der Waals surface area contributed by atoms with Gasteiger partial charge in [0.25, 0.3) is 21.7 Å². The quantitative estimate of drug-likeness (QED) is 0.209. The first-order valence-corrected chi connectivity index (χ1v) is 12.7. The molecule has 4 N–H and O–H groups in total. The van der Waals surface area contributed by atoms with Crippen molar-refractivity contribution in [3.8, 4) is 0 Å². The van der Waals surface area contributed by atoms with Gasteiger partial charge in [0, 0.05) is 34.1 Å². The van der Waals surface area contributed by atoms with Gasteiger partial charge in [0.15, 0.2) is 11.6 Å². The van der Waals surface area contributed by atoms with E-state index in [0.29, 0.717) is 3.57 Å². The number of halogens is 3. The summed E-state index contributed by atoms with van der Waals surface area (Å²) in [5.74, 6) is -2.93. The number of nitrogens with one attached hydrogen (secondary N) is 4. The molecule has 0 bridgehead atoms. The van der Waals surface area contributed by atoms with E-state index in [9.17, 15) is 26.8 Å². The lowest BCUT2D eigenvalue weighted by molar-refractivity contribution is 0.0537. The lowest BCUT2D eigenvalue weighted by atomic mass is 10.1. The van der Waals surface area contributed by atoms with E-state index < -0.39 is 39.1 Å². The molecule has 0 unspecified atom stereocenters. The summed E-state index contributed by atoms with van der Waals surface area (Å²) in [6.45, 7) is 1.05. The third-order valence-corrected chi connectivity index (χ3v) is 6.62. The zero-order valence-electron chi connectivity index (χ0n) is 19.1. The van der Waals surface area contributed by atoms with Crippen LogP contribution in [0.2, 0.25) is 0 Å². The molecule has 0 radical (unpaired) electrons. The van der Waals surface area contributed by atoms with Crippen LogP contribution in [-0.4, -0.2) is 38.0 Å². The molecule has 0 aliphatic rings. The first kappa shape index (κ1) is 27.4. The number of nitrogens with zero attached hydrogens (tertiary/aromatic N) is 2. The maximum absolute atomic E-state index is 15.0. The number of hydroxylamine groups is 1. The predicted octanol–water partition coefficient (Wildman–Crippen LogP) is 2.39. The number of carbonyl (C=O) groups excluding carboxylic acids is 1.